The molecule has 1 aromatic rings. The third-order valence-corrected chi connectivity index (χ3v) is 1.82. The molecule has 0 heterocycles. The van der Waals surface area contributed by atoms with E-state index in [-0.39, 0.29) is 18.8 Å². The lowest BCUT2D eigenvalue weighted by atomic mass is 10.1. The Balaban J connectivity index is 3.27. The highest BCUT2D eigenvalue weighted by Gasteiger charge is 2.14. The average Bonchev–Trinajstić information content (AvgIpc) is 2.16. The van der Waals surface area contributed by atoms with Crippen molar-refractivity contribution in [3.8, 4) is 0 Å². The van der Waals surface area contributed by atoms with Gasteiger partial charge < -0.3 is 10.8 Å². The highest BCUT2D eigenvalue weighted by Crippen LogP contribution is 2.21. The quantitative estimate of drug-likeness (QED) is 0.527. The maximum absolute atomic E-state index is 10.5. The van der Waals surface area contributed by atoms with E-state index in [4.69, 9.17) is 10.8 Å². The van der Waals surface area contributed by atoms with Crippen LogP contribution in [-0.4, -0.2) is 10.0 Å². The predicted octanol–water partition coefficient (Wildman–Crippen LogP) is 0.546. The summed E-state index contributed by atoms with van der Waals surface area (Å²) < 4.78 is 0. The topological polar surface area (TPSA) is 89.4 Å². The zero-order valence-corrected chi connectivity index (χ0v) is 6.93. The Hall–Kier alpha value is -1.46. The van der Waals surface area contributed by atoms with E-state index in [0.717, 1.165) is 0 Å². The van der Waals surface area contributed by atoms with Gasteiger partial charge in [0.05, 0.1) is 17.1 Å². The summed E-state index contributed by atoms with van der Waals surface area (Å²) in [6, 6.07) is 4.57. The molecular formula is C8H10N2O3. The summed E-state index contributed by atoms with van der Waals surface area (Å²) in [5.41, 5.74) is 6.19. The minimum atomic E-state index is -0.523. The van der Waals surface area contributed by atoms with E-state index in [9.17, 15) is 10.1 Å². The summed E-state index contributed by atoms with van der Waals surface area (Å²) >= 11 is 0. The van der Waals surface area contributed by atoms with E-state index in [0.29, 0.717) is 11.1 Å². The van der Waals surface area contributed by atoms with Crippen LogP contribution in [0.3, 0.4) is 0 Å². The molecule has 0 atom stereocenters. The van der Waals surface area contributed by atoms with E-state index >= 15 is 0 Å². The van der Waals surface area contributed by atoms with Gasteiger partial charge in [0.15, 0.2) is 0 Å². The first-order valence-electron chi connectivity index (χ1n) is 3.76. The molecule has 0 fully saturated rings. The Morgan fingerprint density at radius 1 is 1.54 bits per heavy atom. The van der Waals surface area contributed by atoms with Crippen molar-refractivity contribution in [2.24, 2.45) is 5.73 Å². The van der Waals surface area contributed by atoms with Gasteiger partial charge >= 0.3 is 0 Å². The van der Waals surface area contributed by atoms with E-state index < -0.39 is 4.92 Å². The Morgan fingerprint density at radius 3 is 2.69 bits per heavy atom. The van der Waals surface area contributed by atoms with Gasteiger partial charge in [-0.1, -0.05) is 12.1 Å². The van der Waals surface area contributed by atoms with Crippen LogP contribution in [0.5, 0.6) is 0 Å². The predicted molar refractivity (Wildman–Crippen MR) is 46.9 cm³/mol. The fourth-order valence-electron chi connectivity index (χ4n) is 1.17. The average molecular weight is 182 g/mol. The van der Waals surface area contributed by atoms with Crippen molar-refractivity contribution in [1.82, 2.24) is 0 Å². The fourth-order valence-corrected chi connectivity index (χ4v) is 1.17. The summed E-state index contributed by atoms with van der Waals surface area (Å²) in [4.78, 5) is 9.98. The van der Waals surface area contributed by atoms with Crippen molar-refractivity contribution < 1.29 is 10.0 Å². The summed E-state index contributed by atoms with van der Waals surface area (Å²) in [5, 5.41) is 19.4. The smallest absolute Gasteiger partial charge is 0.275 e. The Morgan fingerprint density at radius 2 is 2.23 bits per heavy atom. The molecule has 13 heavy (non-hydrogen) atoms. The normalized spacial score (nSPS) is 10.0. The second-order valence-corrected chi connectivity index (χ2v) is 2.53. The molecule has 0 aliphatic carbocycles. The highest BCUT2D eigenvalue weighted by atomic mass is 16.6. The molecule has 0 radical (unpaired) electrons. The lowest BCUT2D eigenvalue weighted by molar-refractivity contribution is -0.385. The van der Waals surface area contributed by atoms with Crippen LogP contribution in [0.1, 0.15) is 11.1 Å². The SMILES string of the molecule is NCc1cccc([N+](=O)[O-])c1CO. The van der Waals surface area contributed by atoms with Crippen molar-refractivity contribution in [2.45, 2.75) is 13.2 Å². The van der Waals surface area contributed by atoms with Gasteiger partial charge in [-0.25, -0.2) is 0 Å². The molecule has 1 rings (SSSR count). The van der Waals surface area contributed by atoms with Crippen LogP contribution in [-0.2, 0) is 13.2 Å². The molecule has 0 aliphatic heterocycles. The number of nitrogens with zero attached hydrogens (tertiary/aromatic N) is 1. The Bertz CT molecular complexity index is 325. The second kappa shape index (κ2) is 3.97. The van der Waals surface area contributed by atoms with Crippen LogP contribution in [0.2, 0.25) is 0 Å². The maximum Gasteiger partial charge on any atom is 0.275 e. The number of aliphatic hydroxyl groups is 1. The number of benzene rings is 1. The number of nitro benzene ring substituents is 1. The number of rotatable bonds is 3. The van der Waals surface area contributed by atoms with Crippen molar-refractivity contribution >= 4 is 5.69 Å². The second-order valence-electron chi connectivity index (χ2n) is 2.53. The first kappa shape index (κ1) is 9.63. The van der Waals surface area contributed by atoms with Crippen LogP contribution in [0, 0.1) is 10.1 Å². The molecule has 0 spiro atoms. The summed E-state index contributed by atoms with van der Waals surface area (Å²) in [7, 11) is 0. The molecule has 5 nitrogen and oxygen atoms in total. The Kier molecular flexibility index (Phi) is 2.94. The van der Waals surface area contributed by atoms with Gasteiger partial charge in [-0.15, -0.1) is 0 Å². The summed E-state index contributed by atoms with van der Waals surface area (Å²) in [6.45, 7) is -0.165. The number of aliphatic hydroxyl groups excluding tert-OH is 1. The van der Waals surface area contributed by atoms with Crippen molar-refractivity contribution in [2.75, 3.05) is 0 Å². The standard InChI is InChI=1S/C8H10N2O3/c9-4-6-2-1-3-8(10(12)13)7(6)5-11/h1-3,11H,4-5,9H2. The van der Waals surface area contributed by atoms with Gasteiger partial charge in [-0.05, 0) is 5.56 Å². The number of nitrogens with two attached hydrogens (primary N) is 1. The molecular weight excluding hydrogens is 172 g/mol. The molecule has 1 aromatic carbocycles. The van der Waals surface area contributed by atoms with Gasteiger partial charge in [0.25, 0.3) is 5.69 Å². The van der Waals surface area contributed by atoms with E-state index in [1.807, 2.05) is 0 Å². The first-order valence-corrected chi connectivity index (χ1v) is 3.76. The molecule has 3 N–H and O–H groups in total. The van der Waals surface area contributed by atoms with Crippen LogP contribution in [0.15, 0.2) is 18.2 Å². The molecule has 0 unspecified atom stereocenters. The molecule has 5 heteroatoms. The lowest BCUT2D eigenvalue weighted by Gasteiger charge is -2.04. The number of hydrogen-bond donors (Lipinski definition) is 2. The zero-order valence-electron chi connectivity index (χ0n) is 6.93. The third kappa shape index (κ3) is 1.82. The van der Waals surface area contributed by atoms with Gasteiger partial charge in [0.1, 0.15) is 0 Å². The minimum absolute atomic E-state index is 0.0783. The lowest BCUT2D eigenvalue weighted by Crippen LogP contribution is -2.04. The first-order chi connectivity index (χ1) is 6.20. The summed E-state index contributed by atoms with van der Waals surface area (Å²) in [5.74, 6) is 0. The minimum Gasteiger partial charge on any atom is -0.391 e. The molecule has 0 aliphatic rings. The largest absolute Gasteiger partial charge is 0.391 e. The van der Waals surface area contributed by atoms with Gasteiger partial charge in [0, 0.05) is 12.6 Å². The monoisotopic (exact) mass is 182 g/mol. The van der Waals surface area contributed by atoms with E-state index in [2.05, 4.69) is 0 Å². The molecule has 0 aromatic heterocycles. The van der Waals surface area contributed by atoms with Crippen molar-refractivity contribution in [3.63, 3.8) is 0 Å². The van der Waals surface area contributed by atoms with E-state index in [1.165, 1.54) is 6.07 Å². The van der Waals surface area contributed by atoms with Gasteiger partial charge in [-0.3, -0.25) is 10.1 Å². The van der Waals surface area contributed by atoms with Gasteiger partial charge in [0.2, 0.25) is 0 Å². The zero-order chi connectivity index (χ0) is 9.84. The fraction of sp³-hybridized carbons (Fsp3) is 0.250. The Labute approximate surface area is 74.9 Å². The number of nitro groups is 1. The van der Waals surface area contributed by atoms with Crippen molar-refractivity contribution in [1.29, 1.82) is 0 Å². The van der Waals surface area contributed by atoms with Crippen LogP contribution in [0.4, 0.5) is 5.69 Å². The van der Waals surface area contributed by atoms with Gasteiger partial charge in [-0.2, -0.15) is 0 Å². The van der Waals surface area contributed by atoms with Crippen molar-refractivity contribution in [3.05, 3.63) is 39.4 Å². The highest BCUT2D eigenvalue weighted by molar-refractivity contribution is 5.45. The molecule has 0 bridgehead atoms. The maximum atomic E-state index is 10.5. The molecule has 0 saturated heterocycles. The van der Waals surface area contributed by atoms with E-state index in [1.54, 1.807) is 12.1 Å². The molecule has 0 amide bonds. The summed E-state index contributed by atoms with van der Waals surface area (Å²) in [6.07, 6.45) is 0. The van der Waals surface area contributed by atoms with Crippen LogP contribution in [0.25, 0.3) is 0 Å². The number of hydrogen-bond acceptors (Lipinski definition) is 4. The van der Waals surface area contributed by atoms with Crippen LogP contribution >= 0.6 is 0 Å². The third-order valence-electron chi connectivity index (χ3n) is 1.82. The van der Waals surface area contributed by atoms with Crippen LogP contribution < -0.4 is 5.73 Å². The molecule has 70 valence electrons. The molecule has 0 saturated carbocycles.